The first kappa shape index (κ1) is 18.0. The maximum Gasteiger partial charge on any atom is 0.240 e. The molecule has 2 rings (SSSR count). The lowest BCUT2D eigenvalue weighted by molar-refractivity contribution is -0.116. The quantitative estimate of drug-likeness (QED) is 0.804. The van der Waals surface area contributed by atoms with Crippen LogP contribution in [0.15, 0.2) is 53.4 Å². The number of nitrogens with one attached hydrogen (secondary N) is 2. The van der Waals surface area contributed by atoms with Crippen LogP contribution in [-0.2, 0) is 14.8 Å². The van der Waals surface area contributed by atoms with Gasteiger partial charge in [-0.2, -0.15) is 0 Å². The predicted molar refractivity (Wildman–Crippen MR) is 92.6 cm³/mol. The van der Waals surface area contributed by atoms with E-state index in [4.69, 9.17) is 4.74 Å². The minimum absolute atomic E-state index is 0.144. The molecule has 0 bridgehead atoms. The SMILES string of the molecule is CNS(=O)(=O)c1ccc(NC(=O)CCOc2ccc(C)cc2)cc1. The normalized spacial score (nSPS) is 11.1. The summed E-state index contributed by atoms with van der Waals surface area (Å²) in [7, 11) is -2.13. The average Bonchev–Trinajstić information content (AvgIpc) is 2.57. The zero-order chi connectivity index (χ0) is 17.6. The first-order valence-electron chi connectivity index (χ1n) is 7.43. The van der Waals surface area contributed by atoms with Crippen molar-refractivity contribution < 1.29 is 17.9 Å². The highest BCUT2D eigenvalue weighted by atomic mass is 32.2. The van der Waals surface area contributed by atoms with Gasteiger partial charge < -0.3 is 10.1 Å². The van der Waals surface area contributed by atoms with Gasteiger partial charge >= 0.3 is 0 Å². The standard InChI is InChI=1S/C17H20N2O4S/c1-13-3-7-15(8-4-13)23-12-11-17(20)19-14-5-9-16(10-6-14)24(21,22)18-2/h3-10,18H,11-12H2,1-2H3,(H,19,20). The van der Waals surface area contributed by atoms with Crippen LogP contribution in [0.3, 0.4) is 0 Å². The molecule has 0 atom stereocenters. The highest BCUT2D eigenvalue weighted by Crippen LogP contribution is 2.14. The van der Waals surface area contributed by atoms with Crippen molar-refractivity contribution in [3.8, 4) is 5.75 Å². The van der Waals surface area contributed by atoms with Crippen LogP contribution in [0, 0.1) is 6.92 Å². The zero-order valence-electron chi connectivity index (χ0n) is 13.6. The summed E-state index contributed by atoms with van der Waals surface area (Å²) in [6.07, 6.45) is 0.199. The largest absolute Gasteiger partial charge is 0.493 e. The van der Waals surface area contributed by atoms with Crippen molar-refractivity contribution in [3.63, 3.8) is 0 Å². The second-order valence-corrected chi connectivity index (χ2v) is 7.08. The fourth-order valence-corrected chi connectivity index (χ4v) is 2.68. The maximum atomic E-state index is 11.9. The number of benzene rings is 2. The summed E-state index contributed by atoms with van der Waals surface area (Å²) in [4.78, 5) is 12.0. The highest BCUT2D eigenvalue weighted by molar-refractivity contribution is 7.89. The molecule has 2 aromatic carbocycles. The molecule has 0 saturated carbocycles. The third kappa shape index (κ3) is 5.07. The molecule has 0 aliphatic heterocycles. The Morgan fingerprint density at radius 2 is 1.67 bits per heavy atom. The van der Waals surface area contributed by atoms with Crippen LogP contribution in [0.4, 0.5) is 5.69 Å². The fourth-order valence-electron chi connectivity index (χ4n) is 1.95. The van der Waals surface area contributed by atoms with Gasteiger partial charge in [0.15, 0.2) is 0 Å². The van der Waals surface area contributed by atoms with E-state index in [1.54, 1.807) is 12.1 Å². The van der Waals surface area contributed by atoms with Gasteiger partial charge in [-0.15, -0.1) is 0 Å². The summed E-state index contributed by atoms with van der Waals surface area (Å²) in [5, 5.41) is 2.70. The van der Waals surface area contributed by atoms with E-state index in [9.17, 15) is 13.2 Å². The van der Waals surface area contributed by atoms with Gasteiger partial charge in [0.25, 0.3) is 0 Å². The Labute approximate surface area is 141 Å². The number of amides is 1. The summed E-state index contributed by atoms with van der Waals surface area (Å²) in [6, 6.07) is 13.6. The molecule has 0 aliphatic carbocycles. The third-order valence-electron chi connectivity index (χ3n) is 3.34. The molecule has 0 unspecified atom stereocenters. The molecule has 0 aliphatic rings. The number of anilines is 1. The molecule has 0 aromatic heterocycles. The molecule has 0 fully saturated rings. The first-order valence-corrected chi connectivity index (χ1v) is 8.92. The molecule has 24 heavy (non-hydrogen) atoms. The van der Waals surface area contributed by atoms with Crippen LogP contribution < -0.4 is 14.8 Å². The summed E-state index contributed by atoms with van der Waals surface area (Å²) >= 11 is 0. The lowest BCUT2D eigenvalue weighted by atomic mass is 10.2. The number of aryl methyl sites for hydroxylation is 1. The monoisotopic (exact) mass is 348 g/mol. The molecule has 0 saturated heterocycles. The van der Waals surface area contributed by atoms with E-state index in [2.05, 4.69) is 10.0 Å². The van der Waals surface area contributed by atoms with E-state index in [0.717, 1.165) is 11.3 Å². The Hall–Kier alpha value is -2.38. The highest BCUT2D eigenvalue weighted by Gasteiger charge is 2.11. The van der Waals surface area contributed by atoms with Crippen molar-refractivity contribution in [2.75, 3.05) is 19.0 Å². The van der Waals surface area contributed by atoms with Gasteiger partial charge in [-0.1, -0.05) is 17.7 Å². The minimum Gasteiger partial charge on any atom is -0.493 e. The molecular weight excluding hydrogens is 328 g/mol. The number of hydrogen-bond acceptors (Lipinski definition) is 4. The molecule has 7 heteroatoms. The Morgan fingerprint density at radius 1 is 1.04 bits per heavy atom. The van der Waals surface area contributed by atoms with Gasteiger partial charge in [0.2, 0.25) is 15.9 Å². The van der Waals surface area contributed by atoms with Gasteiger partial charge in [-0.3, -0.25) is 4.79 Å². The molecule has 0 heterocycles. The van der Waals surface area contributed by atoms with Gasteiger partial charge in [0, 0.05) is 5.69 Å². The minimum atomic E-state index is -3.47. The number of rotatable bonds is 7. The second kappa shape index (κ2) is 7.94. The van der Waals surface area contributed by atoms with E-state index in [1.165, 1.54) is 19.2 Å². The Balaban J connectivity index is 1.83. The van der Waals surface area contributed by atoms with Crippen LogP contribution in [0.5, 0.6) is 5.75 Å². The fraction of sp³-hybridized carbons (Fsp3) is 0.235. The molecule has 6 nitrogen and oxygen atoms in total. The Kier molecular flexibility index (Phi) is 5.94. The zero-order valence-corrected chi connectivity index (χ0v) is 14.4. The van der Waals surface area contributed by atoms with Crippen molar-refractivity contribution in [2.45, 2.75) is 18.2 Å². The van der Waals surface area contributed by atoms with Crippen molar-refractivity contribution in [1.29, 1.82) is 0 Å². The van der Waals surface area contributed by atoms with Crippen LogP contribution in [0.2, 0.25) is 0 Å². The summed E-state index contributed by atoms with van der Waals surface area (Å²) in [6.45, 7) is 2.26. The predicted octanol–water partition coefficient (Wildman–Crippen LogP) is 2.31. The van der Waals surface area contributed by atoms with Gasteiger partial charge in [0.1, 0.15) is 5.75 Å². The topological polar surface area (TPSA) is 84.5 Å². The van der Waals surface area contributed by atoms with E-state index in [1.807, 2.05) is 31.2 Å². The maximum absolute atomic E-state index is 11.9. The smallest absolute Gasteiger partial charge is 0.240 e. The number of hydrogen-bond donors (Lipinski definition) is 2. The number of ether oxygens (including phenoxy) is 1. The van der Waals surface area contributed by atoms with Crippen molar-refractivity contribution in [1.82, 2.24) is 4.72 Å². The van der Waals surface area contributed by atoms with E-state index in [-0.39, 0.29) is 23.8 Å². The number of sulfonamides is 1. The Morgan fingerprint density at radius 3 is 2.25 bits per heavy atom. The molecule has 0 spiro atoms. The molecule has 2 aromatic rings. The lowest BCUT2D eigenvalue weighted by Crippen LogP contribution is -2.18. The van der Waals surface area contributed by atoms with Crippen LogP contribution in [-0.4, -0.2) is 28.0 Å². The van der Waals surface area contributed by atoms with Crippen LogP contribution in [0.1, 0.15) is 12.0 Å². The summed E-state index contributed by atoms with van der Waals surface area (Å²) in [5.74, 6) is 0.515. The number of carbonyl (C=O) groups is 1. The number of carbonyl (C=O) groups excluding carboxylic acids is 1. The van der Waals surface area contributed by atoms with Crippen molar-refractivity contribution in [3.05, 3.63) is 54.1 Å². The molecular formula is C17H20N2O4S. The molecule has 1 amide bonds. The van der Waals surface area contributed by atoms with Gasteiger partial charge in [-0.05, 0) is 50.4 Å². The Bertz CT molecular complexity index is 784. The van der Waals surface area contributed by atoms with Gasteiger partial charge in [-0.25, -0.2) is 13.1 Å². The molecule has 2 N–H and O–H groups in total. The van der Waals surface area contributed by atoms with E-state index < -0.39 is 10.0 Å². The van der Waals surface area contributed by atoms with Gasteiger partial charge in [0.05, 0.1) is 17.9 Å². The van der Waals surface area contributed by atoms with Crippen molar-refractivity contribution >= 4 is 21.6 Å². The third-order valence-corrected chi connectivity index (χ3v) is 4.77. The van der Waals surface area contributed by atoms with E-state index >= 15 is 0 Å². The average molecular weight is 348 g/mol. The summed E-state index contributed by atoms with van der Waals surface area (Å²) < 4.78 is 31.0. The molecule has 128 valence electrons. The van der Waals surface area contributed by atoms with Crippen LogP contribution >= 0.6 is 0 Å². The summed E-state index contributed by atoms with van der Waals surface area (Å²) in [5.41, 5.74) is 1.68. The second-order valence-electron chi connectivity index (χ2n) is 5.19. The molecule has 0 radical (unpaired) electrons. The van der Waals surface area contributed by atoms with Crippen LogP contribution in [0.25, 0.3) is 0 Å². The van der Waals surface area contributed by atoms with Crippen molar-refractivity contribution in [2.24, 2.45) is 0 Å². The first-order chi connectivity index (χ1) is 11.4. The van der Waals surface area contributed by atoms with E-state index in [0.29, 0.717) is 5.69 Å². The lowest BCUT2D eigenvalue weighted by Gasteiger charge is -2.08.